The van der Waals surface area contributed by atoms with E-state index in [1.807, 2.05) is 32.0 Å². The second kappa shape index (κ2) is 6.39. The second-order valence-electron chi connectivity index (χ2n) is 4.97. The smallest absolute Gasteiger partial charge is 0.310 e. The molecule has 0 bridgehead atoms. The molecule has 0 amide bonds. The maximum Gasteiger partial charge on any atom is 0.310 e. The Morgan fingerprint density at radius 2 is 1.81 bits per heavy atom. The van der Waals surface area contributed by atoms with Gasteiger partial charge in [0.2, 0.25) is 0 Å². The third kappa shape index (κ3) is 3.40. The molecular formula is C17H19NO3. The fourth-order valence-electron chi connectivity index (χ4n) is 2.37. The lowest BCUT2D eigenvalue weighted by Gasteiger charge is -2.13. The fourth-order valence-corrected chi connectivity index (χ4v) is 2.37. The van der Waals surface area contributed by atoms with Crippen molar-refractivity contribution in [3.05, 3.63) is 63.6 Å². The Morgan fingerprint density at radius 1 is 1.14 bits per heavy atom. The number of hydrogen-bond donors (Lipinski definition) is 0. The van der Waals surface area contributed by atoms with Gasteiger partial charge in [-0.15, -0.1) is 0 Å². The van der Waals surface area contributed by atoms with Crippen LogP contribution in [-0.2, 0) is 16.0 Å². The van der Waals surface area contributed by atoms with Crippen molar-refractivity contribution in [1.82, 2.24) is 4.57 Å². The molecule has 2 aromatic rings. The molecule has 21 heavy (non-hydrogen) atoms. The highest BCUT2D eigenvalue weighted by atomic mass is 16.5. The standard InChI is InChI=1S/C17H19NO3/c1-4-21-16(20)10-14-8-9-15(19)18(11-14)17-12(2)6-5-7-13(17)3/h5-9,11H,4,10H2,1-3H3. The van der Waals surface area contributed by atoms with Crippen molar-refractivity contribution >= 4 is 5.97 Å². The minimum absolute atomic E-state index is 0.111. The van der Waals surface area contributed by atoms with Gasteiger partial charge in [-0.2, -0.15) is 0 Å². The van der Waals surface area contributed by atoms with Crippen LogP contribution in [0.2, 0.25) is 0 Å². The molecule has 0 fully saturated rings. The van der Waals surface area contributed by atoms with Gasteiger partial charge in [0.1, 0.15) is 0 Å². The molecule has 0 aliphatic carbocycles. The third-order valence-electron chi connectivity index (χ3n) is 3.31. The van der Waals surface area contributed by atoms with Crippen LogP contribution >= 0.6 is 0 Å². The van der Waals surface area contributed by atoms with Crippen LogP contribution in [-0.4, -0.2) is 17.1 Å². The molecule has 0 N–H and O–H groups in total. The highest BCUT2D eigenvalue weighted by Gasteiger charge is 2.10. The van der Waals surface area contributed by atoms with Crippen LogP contribution in [0.4, 0.5) is 0 Å². The van der Waals surface area contributed by atoms with Crippen molar-refractivity contribution in [2.75, 3.05) is 6.61 Å². The Labute approximate surface area is 124 Å². The van der Waals surface area contributed by atoms with Crippen LogP contribution < -0.4 is 5.56 Å². The Morgan fingerprint density at radius 3 is 2.43 bits per heavy atom. The minimum atomic E-state index is -0.288. The van der Waals surface area contributed by atoms with E-state index in [1.165, 1.54) is 6.07 Å². The Kier molecular flexibility index (Phi) is 4.58. The van der Waals surface area contributed by atoms with E-state index < -0.39 is 0 Å². The predicted molar refractivity (Wildman–Crippen MR) is 81.9 cm³/mol. The molecule has 4 nitrogen and oxygen atoms in total. The first-order valence-corrected chi connectivity index (χ1v) is 6.96. The normalized spacial score (nSPS) is 10.4. The molecule has 1 heterocycles. The summed E-state index contributed by atoms with van der Waals surface area (Å²) in [5.74, 6) is -0.288. The molecule has 0 radical (unpaired) electrons. The highest BCUT2D eigenvalue weighted by molar-refractivity contribution is 5.72. The molecule has 0 unspecified atom stereocenters. The van der Waals surface area contributed by atoms with Crippen LogP contribution in [0, 0.1) is 13.8 Å². The maximum absolute atomic E-state index is 12.1. The quantitative estimate of drug-likeness (QED) is 0.811. The summed E-state index contributed by atoms with van der Waals surface area (Å²) in [6.07, 6.45) is 1.88. The van der Waals surface area contributed by atoms with E-state index >= 15 is 0 Å². The lowest BCUT2D eigenvalue weighted by atomic mass is 10.1. The number of benzene rings is 1. The van der Waals surface area contributed by atoms with E-state index in [0.29, 0.717) is 6.61 Å². The van der Waals surface area contributed by atoms with Crippen molar-refractivity contribution in [3.63, 3.8) is 0 Å². The number of aryl methyl sites for hydroxylation is 2. The van der Waals surface area contributed by atoms with Gasteiger partial charge in [-0.3, -0.25) is 14.2 Å². The number of pyridine rings is 1. The minimum Gasteiger partial charge on any atom is -0.466 e. The summed E-state index contributed by atoms with van der Waals surface area (Å²) in [5.41, 5.74) is 3.56. The molecule has 1 aromatic heterocycles. The number of para-hydroxylation sites is 1. The summed E-state index contributed by atoms with van der Waals surface area (Å²) in [5, 5.41) is 0. The third-order valence-corrected chi connectivity index (χ3v) is 3.31. The van der Waals surface area contributed by atoms with Gasteiger partial charge in [0, 0.05) is 12.3 Å². The van der Waals surface area contributed by atoms with Crippen molar-refractivity contribution in [2.45, 2.75) is 27.2 Å². The highest BCUT2D eigenvalue weighted by Crippen LogP contribution is 2.17. The number of hydrogen-bond acceptors (Lipinski definition) is 3. The molecular weight excluding hydrogens is 266 g/mol. The van der Waals surface area contributed by atoms with Crippen molar-refractivity contribution < 1.29 is 9.53 Å². The first-order chi connectivity index (χ1) is 10.0. The van der Waals surface area contributed by atoms with Gasteiger partial charge >= 0.3 is 5.97 Å². The lowest BCUT2D eigenvalue weighted by Crippen LogP contribution is -2.20. The number of rotatable bonds is 4. The molecule has 2 rings (SSSR count). The SMILES string of the molecule is CCOC(=O)Cc1ccc(=O)n(-c2c(C)cccc2C)c1. The van der Waals surface area contributed by atoms with Gasteiger partial charge in [0.05, 0.1) is 18.7 Å². The molecule has 0 atom stereocenters. The Hall–Kier alpha value is -2.36. The molecule has 0 aliphatic rings. The van der Waals surface area contributed by atoms with E-state index in [1.54, 1.807) is 23.8 Å². The monoisotopic (exact) mass is 285 g/mol. The molecule has 4 heteroatoms. The summed E-state index contributed by atoms with van der Waals surface area (Å²) in [6, 6.07) is 9.05. The summed E-state index contributed by atoms with van der Waals surface area (Å²) in [4.78, 5) is 23.7. The fraction of sp³-hybridized carbons (Fsp3) is 0.294. The van der Waals surface area contributed by atoms with Gasteiger partial charge in [-0.25, -0.2) is 0 Å². The zero-order valence-corrected chi connectivity index (χ0v) is 12.6. The van der Waals surface area contributed by atoms with E-state index in [-0.39, 0.29) is 17.9 Å². The first kappa shape index (κ1) is 15.0. The Bertz CT molecular complexity index is 696. The average molecular weight is 285 g/mol. The summed E-state index contributed by atoms with van der Waals surface area (Å²) in [7, 11) is 0. The topological polar surface area (TPSA) is 48.3 Å². The van der Waals surface area contributed by atoms with Crippen molar-refractivity contribution in [2.24, 2.45) is 0 Å². The van der Waals surface area contributed by atoms with Crippen molar-refractivity contribution in [3.8, 4) is 5.69 Å². The molecule has 0 spiro atoms. The molecule has 0 aliphatic heterocycles. The Balaban J connectivity index is 2.45. The van der Waals surface area contributed by atoms with Crippen LogP contribution in [0.15, 0.2) is 41.3 Å². The van der Waals surface area contributed by atoms with Gasteiger partial charge in [0.15, 0.2) is 0 Å². The average Bonchev–Trinajstić information content (AvgIpc) is 2.42. The number of aromatic nitrogens is 1. The van der Waals surface area contributed by atoms with Crippen LogP contribution in [0.3, 0.4) is 0 Å². The summed E-state index contributed by atoms with van der Waals surface area (Å²) >= 11 is 0. The van der Waals surface area contributed by atoms with Gasteiger partial charge in [-0.05, 0) is 37.5 Å². The maximum atomic E-state index is 12.1. The molecule has 110 valence electrons. The number of esters is 1. The largest absolute Gasteiger partial charge is 0.466 e. The molecule has 1 aromatic carbocycles. The zero-order valence-electron chi connectivity index (χ0n) is 12.6. The van der Waals surface area contributed by atoms with Gasteiger partial charge in [0.25, 0.3) is 5.56 Å². The van der Waals surface area contributed by atoms with Crippen molar-refractivity contribution in [1.29, 1.82) is 0 Å². The lowest BCUT2D eigenvalue weighted by molar-refractivity contribution is -0.142. The molecule has 0 saturated carbocycles. The number of ether oxygens (including phenoxy) is 1. The van der Waals surface area contributed by atoms with E-state index in [9.17, 15) is 9.59 Å². The van der Waals surface area contributed by atoms with E-state index in [4.69, 9.17) is 4.74 Å². The number of carbonyl (C=O) groups is 1. The second-order valence-corrected chi connectivity index (χ2v) is 4.97. The van der Waals surface area contributed by atoms with Crippen LogP contribution in [0.25, 0.3) is 5.69 Å². The van der Waals surface area contributed by atoms with E-state index in [0.717, 1.165) is 22.4 Å². The van der Waals surface area contributed by atoms with Crippen LogP contribution in [0.1, 0.15) is 23.6 Å². The summed E-state index contributed by atoms with van der Waals surface area (Å²) in [6.45, 7) is 6.06. The number of carbonyl (C=O) groups excluding carboxylic acids is 1. The van der Waals surface area contributed by atoms with Gasteiger partial charge < -0.3 is 4.74 Å². The predicted octanol–water partition coefficient (Wildman–Crippen LogP) is 2.56. The van der Waals surface area contributed by atoms with Gasteiger partial charge in [-0.1, -0.05) is 24.3 Å². The summed E-state index contributed by atoms with van der Waals surface area (Å²) < 4.78 is 6.54. The van der Waals surface area contributed by atoms with Crippen LogP contribution in [0.5, 0.6) is 0 Å². The zero-order chi connectivity index (χ0) is 15.4. The molecule has 0 saturated heterocycles. The first-order valence-electron chi connectivity index (χ1n) is 6.96. The van der Waals surface area contributed by atoms with E-state index in [2.05, 4.69) is 0 Å². The number of nitrogens with zero attached hydrogens (tertiary/aromatic N) is 1.